The zero-order chi connectivity index (χ0) is 12.3. The molecular formula is C13H20N2O2. The first kappa shape index (κ1) is 12.2. The van der Waals surface area contributed by atoms with Crippen molar-refractivity contribution in [3.05, 3.63) is 23.8 Å². The lowest BCUT2D eigenvalue weighted by Crippen LogP contribution is -2.22. The Morgan fingerprint density at radius 1 is 1.53 bits per heavy atom. The molecule has 94 valence electrons. The molecule has 0 aromatic heterocycles. The van der Waals surface area contributed by atoms with Crippen LogP contribution in [0.15, 0.2) is 18.2 Å². The summed E-state index contributed by atoms with van der Waals surface area (Å²) >= 11 is 0. The van der Waals surface area contributed by atoms with E-state index in [1.807, 2.05) is 12.1 Å². The topological polar surface area (TPSA) is 58.7 Å². The second-order valence-corrected chi connectivity index (χ2v) is 4.62. The van der Waals surface area contributed by atoms with Crippen molar-refractivity contribution < 1.29 is 9.84 Å². The van der Waals surface area contributed by atoms with Crippen LogP contribution in [-0.2, 0) is 6.54 Å². The number of phenolic OH excluding ortho intramolecular Hbond substituents is 1. The fourth-order valence-electron chi connectivity index (χ4n) is 2.29. The Kier molecular flexibility index (Phi) is 3.86. The fourth-order valence-corrected chi connectivity index (χ4v) is 2.29. The summed E-state index contributed by atoms with van der Waals surface area (Å²) < 4.78 is 5.06. The molecule has 2 rings (SSSR count). The summed E-state index contributed by atoms with van der Waals surface area (Å²) in [6.45, 7) is 3.63. The van der Waals surface area contributed by atoms with E-state index in [2.05, 4.69) is 4.90 Å². The monoisotopic (exact) mass is 236 g/mol. The van der Waals surface area contributed by atoms with Crippen molar-refractivity contribution in [1.82, 2.24) is 4.90 Å². The van der Waals surface area contributed by atoms with Crippen molar-refractivity contribution >= 4 is 0 Å². The number of phenols is 1. The van der Waals surface area contributed by atoms with Crippen molar-refractivity contribution in [2.45, 2.75) is 13.0 Å². The summed E-state index contributed by atoms with van der Waals surface area (Å²) in [7, 11) is 1.60. The second kappa shape index (κ2) is 5.38. The third-order valence-corrected chi connectivity index (χ3v) is 3.39. The number of nitrogens with two attached hydrogens (primary N) is 1. The van der Waals surface area contributed by atoms with E-state index in [0.717, 1.165) is 38.2 Å². The van der Waals surface area contributed by atoms with Gasteiger partial charge in [-0.1, -0.05) is 6.07 Å². The Morgan fingerprint density at radius 2 is 2.35 bits per heavy atom. The van der Waals surface area contributed by atoms with Gasteiger partial charge in [0, 0.05) is 24.7 Å². The molecular weight excluding hydrogens is 216 g/mol. The molecule has 4 nitrogen and oxygen atoms in total. The highest BCUT2D eigenvalue weighted by Gasteiger charge is 2.21. The second-order valence-electron chi connectivity index (χ2n) is 4.62. The molecule has 4 heteroatoms. The predicted molar refractivity (Wildman–Crippen MR) is 67.1 cm³/mol. The Bertz CT molecular complexity index is 382. The van der Waals surface area contributed by atoms with Crippen molar-refractivity contribution in [3.63, 3.8) is 0 Å². The molecule has 1 aliphatic heterocycles. The first-order valence-electron chi connectivity index (χ1n) is 6.01. The smallest absolute Gasteiger partial charge is 0.123 e. The molecule has 0 aliphatic carbocycles. The first-order chi connectivity index (χ1) is 8.22. The van der Waals surface area contributed by atoms with E-state index in [4.69, 9.17) is 10.5 Å². The van der Waals surface area contributed by atoms with Gasteiger partial charge in [0.25, 0.3) is 0 Å². The summed E-state index contributed by atoms with van der Waals surface area (Å²) in [5.41, 5.74) is 6.61. The lowest BCUT2D eigenvalue weighted by Gasteiger charge is -2.16. The highest BCUT2D eigenvalue weighted by Crippen LogP contribution is 2.26. The lowest BCUT2D eigenvalue weighted by atomic mass is 10.1. The van der Waals surface area contributed by atoms with Gasteiger partial charge in [-0.05, 0) is 31.5 Å². The number of nitrogens with zero attached hydrogens (tertiary/aromatic N) is 1. The Labute approximate surface area is 102 Å². The maximum absolute atomic E-state index is 9.87. The third-order valence-electron chi connectivity index (χ3n) is 3.39. The average Bonchev–Trinajstić information content (AvgIpc) is 2.79. The van der Waals surface area contributed by atoms with Crippen LogP contribution < -0.4 is 10.5 Å². The third kappa shape index (κ3) is 2.90. The van der Waals surface area contributed by atoms with Crippen LogP contribution in [0.1, 0.15) is 12.0 Å². The largest absolute Gasteiger partial charge is 0.507 e. The first-order valence-corrected chi connectivity index (χ1v) is 6.01. The van der Waals surface area contributed by atoms with E-state index in [-0.39, 0.29) is 0 Å². The molecule has 0 spiro atoms. The number of aromatic hydroxyl groups is 1. The van der Waals surface area contributed by atoms with Gasteiger partial charge in [0.2, 0.25) is 0 Å². The van der Waals surface area contributed by atoms with Gasteiger partial charge in [-0.25, -0.2) is 0 Å². The quantitative estimate of drug-likeness (QED) is 0.824. The van der Waals surface area contributed by atoms with E-state index in [1.54, 1.807) is 13.2 Å². The zero-order valence-corrected chi connectivity index (χ0v) is 10.2. The molecule has 1 saturated heterocycles. The number of methoxy groups -OCH3 is 1. The van der Waals surface area contributed by atoms with Crippen molar-refractivity contribution in [2.24, 2.45) is 11.7 Å². The summed E-state index contributed by atoms with van der Waals surface area (Å²) in [6.07, 6.45) is 1.16. The number of ether oxygens (including phenoxy) is 1. The van der Waals surface area contributed by atoms with Crippen LogP contribution in [0.3, 0.4) is 0 Å². The van der Waals surface area contributed by atoms with Gasteiger partial charge in [-0.15, -0.1) is 0 Å². The molecule has 1 fully saturated rings. The van der Waals surface area contributed by atoms with Gasteiger partial charge in [-0.2, -0.15) is 0 Å². The van der Waals surface area contributed by atoms with Gasteiger partial charge in [0.05, 0.1) is 7.11 Å². The average molecular weight is 236 g/mol. The number of hydrogen-bond acceptors (Lipinski definition) is 4. The van der Waals surface area contributed by atoms with Crippen LogP contribution in [0.4, 0.5) is 0 Å². The summed E-state index contributed by atoms with van der Waals surface area (Å²) in [6, 6.07) is 5.46. The van der Waals surface area contributed by atoms with Crippen LogP contribution in [0.25, 0.3) is 0 Å². The molecule has 1 heterocycles. The highest BCUT2D eigenvalue weighted by molar-refractivity contribution is 5.39. The van der Waals surface area contributed by atoms with Gasteiger partial charge in [0.1, 0.15) is 11.5 Å². The minimum Gasteiger partial charge on any atom is -0.507 e. The number of likely N-dealkylation sites (tertiary alicyclic amines) is 1. The summed E-state index contributed by atoms with van der Waals surface area (Å²) in [5, 5.41) is 9.87. The fraction of sp³-hybridized carbons (Fsp3) is 0.538. The maximum Gasteiger partial charge on any atom is 0.123 e. The predicted octanol–water partition coefficient (Wildman–Crippen LogP) is 1.18. The molecule has 0 amide bonds. The Balaban J connectivity index is 1.99. The molecule has 0 saturated carbocycles. The minimum atomic E-state index is 0.306. The van der Waals surface area contributed by atoms with Crippen LogP contribution >= 0.6 is 0 Å². The van der Waals surface area contributed by atoms with E-state index in [9.17, 15) is 5.11 Å². The molecule has 17 heavy (non-hydrogen) atoms. The van der Waals surface area contributed by atoms with Crippen LogP contribution in [-0.4, -0.2) is 36.8 Å². The minimum absolute atomic E-state index is 0.306. The van der Waals surface area contributed by atoms with E-state index in [0.29, 0.717) is 17.4 Å². The molecule has 0 bridgehead atoms. The summed E-state index contributed by atoms with van der Waals surface area (Å²) in [4.78, 5) is 2.33. The van der Waals surface area contributed by atoms with Crippen molar-refractivity contribution in [2.75, 3.05) is 26.7 Å². The van der Waals surface area contributed by atoms with Crippen molar-refractivity contribution in [3.8, 4) is 11.5 Å². The maximum atomic E-state index is 9.87. The van der Waals surface area contributed by atoms with Crippen LogP contribution in [0.5, 0.6) is 11.5 Å². The number of rotatable bonds is 4. The van der Waals surface area contributed by atoms with Crippen LogP contribution in [0, 0.1) is 5.92 Å². The standard InChI is InChI=1S/C13H20N2O2/c1-17-12-3-2-11(13(16)6-12)9-15-5-4-10(7-14)8-15/h2-3,6,10,16H,4-5,7-9,14H2,1H3. The molecule has 1 aromatic carbocycles. The highest BCUT2D eigenvalue weighted by atomic mass is 16.5. The van der Waals surface area contributed by atoms with E-state index >= 15 is 0 Å². The van der Waals surface area contributed by atoms with Gasteiger partial charge in [-0.3, -0.25) is 4.90 Å². The SMILES string of the molecule is COc1ccc(CN2CCC(CN)C2)c(O)c1. The van der Waals surface area contributed by atoms with Crippen LogP contribution in [0.2, 0.25) is 0 Å². The number of benzene rings is 1. The lowest BCUT2D eigenvalue weighted by molar-refractivity contribution is 0.311. The Hall–Kier alpha value is -1.26. The molecule has 1 unspecified atom stereocenters. The number of hydrogen-bond donors (Lipinski definition) is 2. The molecule has 3 N–H and O–H groups in total. The van der Waals surface area contributed by atoms with E-state index < -0.39 is 0 Å². The molecule has 0 radical (unpaired) electrons. The van der Waals surface area contributed by atoms with E-state index in [1.165, 1.54) is 0 Å². The zero-order valence-electron chi connectivity index (χ0n) is 10.2. The Morgan fingerprint density at radius 3 is 2.94 bits per heavy atom. The van der Waals surface area contributed by atoms with Gasteiger partial charge >= 0.3 is 0 Å². The van der Waals surface area contributed by atoms with Gasteiger partial charge < -0.3 is 15.6 Å². The normalized spacial score (nSPS) is 20.7. The van der Waals surface area contributed by atoms with Gasteiger partial charge in [0.15, 0.2) is 0 Å². The molecule has 1 atom stereocenters. The van der Waals surface area contributed by atoms with Crippen molar-refractivity contribution in [1.29, 1.82) is 0 Å². The molecule has 1 aliphatic rings. The molecule has 1 aromatic rings. The summed E-state index contributed by atoms with van der Waals surface area (Å²) in [5.74, 6) is 1.60.